The Morgan fingerprint density at radius 3 is 2.48 bits per heavy atom. The summed E-state index contributed by atoms with van der Waals surface area (Å²) in [7, 11) is 0. The summed E-state index contributed by atoms with van der Waals surface area (Å²) >= 11 is 0. The maximum atomic E-state index is 14.1. The number of ether oxygens (including phenoxy) is 1. The highest BCUT2D eigenvalue weighted by Gasteiger charge is 2.34. The van der Waals surface area contributed by atoms with Crippen LogP contribution in [0.3, 0.4) is 0 Å². The van der Waals surface area contributed by atoms with Gasteiger partial charge >= 0.3 is 0 Å². The van der Waals surface area contributed by atoms with Crippen LogP contribution in [-0.2, 0) is 9.59 Å². The second-order valence-electron chi connectivity index (χ2n) is 8.12. The van der Waals surface area contributed by atoms with Crippen molar-refractivity contribution in [3.05, 3.63) is 24.0 Å². The normalized spacial score (nSPS) is 19.2. The zero-order valence-electron chi connectivity index (χ0n) is 17.9. The number of carbonyl (C=O) groups excluding carboxylic acids is 2. The molecule has 2 unspecified atom stereocenters. The lowest BCUT2D eigenvalue weighted by molar-refractivity contribution is -0.152. The molecular formula is C22H32FN3O5. The van der Waals surface area contributed by atoms with E-state index in [0.717, 1.165) is 31.4 Å². The molecule has 2 aliphatic rings. The number of nitrogens with one attached hydrogen (secondary N) is 1. The van der Waals surface area contributed by atoms with Crippen molar-refractivity contribution in [2.45, 2.75) is 44.8 Å². The van der Waals surface area contributed by atoms with Crippen LogP contribution in [0.15, 0.2) is 18.2 Å². The van der Waals surface area contributed by atoms with E-state index in [1.54, 1.807) is 6.07 Å². The molecule has 1 aromatic carbocycles. The van der Waals surface area contributed by atoms with Crippen molar-refractivity contribution in [2.75, 3.05) is 44.2 Å². The van der Waals surface area contributed by atoms with Crippen LogP contribution in [0.25, 0.3) is 0 Å². The lowest BCUT2D eigenvalue weighted by atomic mass is 9.96. The van der Waals surface area contributed by atoms with Gasteiger partial charge in [-0.05, 0) is 50.7 Å². The van der Waals surface area contributed by atoms with Crippen LogP contribution < -0.4 is 15.0 Å². The monoisotopic (exact) mass is 437 g/mol. The smallest absolute Gasteiger partial charge is 0.254 e. The van der Waals surface area contributed by atoms with Crippen molar-refractivity contribution in [3.8, 4) is 5.75 Å². The number of halogens is 1. The standard InChI is InChI=1S/C22H32FN3O5/c1-2-31-20-16(23)6-5-7-17(20)25-12-8-15(9-13-25)14-24-21(29)18(27)19(28)22(30)26-10-3-4-11-26/h5-7,15,18-19,27-28H,2-4,8-14H2,1H3,(H,24,29). The van der Waals surface area contributed by atoms with Gasteiger partial charge in [-0.15, -0.1) is 0 Å². The van der Waals surface area contributed by atoms with E-state index >= 15 is 0 Å². The van der Waals surface area contributed by atoms with Crippen molar-refractivity contribution in [1.29, 1.82) is 0 Å². The van der Waals surface area contributed by atoms with Crippen LogP contribution in [0, 0.1) is 11.7 Å². The number of anilines is 1. The fourth-order valence-corrected chi connectivity index (χ4v) is 4.16. The molecule has 8 nitrogen and oxygen atoms in total. The van der Waals surface area contributed by atoms with Gasteiger partial charge in [-0.2, -0.15) is 0 Å². The van der Waals surface area contributed by atoms with Crippen LogP contribution in [-0.4, -0.2) is 78.5 Å². The molecule has 3 N–H and O–H groups in total. The highest BCUT2D eigenvalue weighted by Crippen LogP contribution is 2.33. The predicted molar refractivity (Wildman–Crippen MR) is 113 cm³/mol. The third kappa shape index (κ3) is 5.65. The molecular weight excluding hydrogens is 405 g/mol. The molecule has 31 heavy (non-hydrogen) atoms. The minimum Gasteiger partial charge on any atom is -0.489 e. The summed E-state index contributed by atoms with van der Waals surface area (Å²) in [6.07, 6.45) is -0.261. The van der Waals surface area contributed by atoms with Gasteiger partial charge in [0.05, 0.1) is 12.3 Å². The Morgan fingerprint density at radius 2 is 1.84 bits per heavy atom. The van der Waals surface area contributed by atoms with E-state index in [-0.39, 0.29) is 17.5 Å². The highest BCUT2D eigenvalue weighted by atomic mass is 19.1. The molecule has 0 aromatic heterocycles. The number of aliphatic hydroxyl groups excluding tert-OH is 2. The zero-order chi connectivity index (χ0) is 22.4. The third-order valence-electron chi connectivity index (χ3n) is 5.99. The van der Waals surface area contributed by atoms with Gasteiger partial charge in [0.2, 0.25) is 0 Å². The molecule has 0 spiro atoms. The van der Waals surface area contributed by atoms with E-state index in [0.29, 0.717) is 39.3 Å². The van der Waals surface area contributed by atoms with Gasteiger partial charge in [0.25, 0.3) is 11.8 Å². The Morgan fingerprint density at radius 1 is 1.16 bits per heavy atom. The van der Waals surface area contributed by atoms with Gasteiger partial charge in [-0.1, -0.05) is 6.07 Å². The summed E-state index contributed by atoms with van der Waals surface area (Å²) < 4.78 is 19.6. The van der Waals surface area contributed by atoms with Gasteiger partial charge < -0.3 is 30.1 Å². The second kappa shape index (κ2) is 10.8. The first-order valence-corrected chi connectivity index (χ1v) is 11.0. The molecule has 2 saturated heterocycles. The van der Waals surface area contributed by atoms with Gasteiger partial charge in [0.15, 0.2) is 23.8 Å². The summed E-state index contributed by atoms with van der Waals surface area (Å²) in [6.45, 7) is 4.99. The zero-order valence-corrected chi connectivity index (χ0v) is 17.9. The third-order valence-corrected chi connectivity index (χ3v) is 5.99. The average Bonchev–Trinajstić information content (AvgIpc) is 3.33. The predicted octanol–water partition coefficient (Wildman–Crippen LogP) is 0.901. The Kier molecular flexibility index (Phi) is 8.09. The number of piperidine rings is 1. The molecule has 0 bridgehead atoms. The molecule has 0 aliphatic carbocycles. The van der Waals surface area contributed by atoms with Crippen LogP contribution in [0.5, 0.6) is 5.75 Å². The lowest BCUT2D eigenvalue weighted by Crippen LogP contribution is -2.51. The molecule has 9 heteroatoms. The molecule has 1 aromatic rings. The van der Waals surface area contributed by atoms with Crippen molar-refractivity contribution in [1.82, 2.24) is 10.2 Å². The Hall–Kier alpha value is -2.39. The van der Waals surface area contributed by atoms with Gasteiger partial charge in [0, 0.05) is 32.7 Å². The number of aliphatic hydroxyl groups is 2. The summed E-state index contributed by atoms with van der Waals surface area (Å²) in [4.78, 5) is 27.9. The minimum absolute atomic E-state index is 0.183. The van der Waals surface area contributed by atoms with Crippen LogP contribution in [0.4, 0.5) is 10.1 Å². The Balaban J connectivity index is 1.46. The first kappa shape index (κ1) is 23.3. The van der Waals surface area contributed by atoms with E-state index < -0.39 is 24.0 Å². The lowest BCUT2D eigenvalue weighted by Gasteiger charge is -2.34. The summed E-state index contributed by atoms with van der Waals surface area (Å²) in [6, 6.07) is 4.88. The second-order valence-corrected chi connectivity index (χ2v) is 8.12. The Bertz CT molecular complexity index is 764. The first-order chi connectivity index (χ1) is 14.9. The molecule has 2 aliphatic heterocycles. The number of likely N-dealkylation sites (tertiary alicyclic amines) is 1. The first-order valence-electron chi connectivity index (χ1n) is 11.0. The van der Waals surface area contributed by atoms with Crippen molar-refractivity contribution >= 4 is 17.5 Å². The van der Waals surface area contributed by atoms with Crippen LogP contribution in [0.2, 0.25) is 0 Å². The SMILES string of the molecule is CCOc1c(F)cccc1N1CCC(CNC(=O)C(O)C(O)C(=O)N2CCCC2)CC1. The number of hydrogen-bond donors (Lipinski definition) is 3. The maximum Gasteiger partial charge on any atom is 0.254 e. The quantitative estimate of drug-likeness (QED) is 0.559. The molecule has 0 saturated carbocycles. The van der Waals surface area contributed by atoms with Crippen molar-refractivity contribution in [2.24, 2.45) is 5.92 Å². The molecule has 3 rings (SSSR count). The van der Waals surface area contributed by atoms with Gasteiger partial charge in [-0.3, -0.25) is 9.59 Å². The largest absolute Gasteiger partial charge is 0.489 e. The number of carbonyl (C=O) groups is 2. The summed E-state index contributed by atoms with van der Waals surface area (Å²) in [5, 5.41) is 22.8. The van der Waals surface area contributed by atoms with Crippen LogP contribution in [0.1, 0.15) is 32.6 Å². The topological polar surface area (TPSA) is 102 Å². The molecule has 2 fully saturated rings. The molecule has 2 atom stereocenters. The highest BCUT2D eigenvalue weighted by molar-refractivity contribution is 5.90. The molecule has 172 valence electrons. The number of hydrogen-bond acceptors (Lipinski definition) is 6. The van der Waals surface area contributed by atoms with E-state index in [2.05, 4.69) is 10.2 Å². The van der Waals surface area contributed by atoms with Gasteiger partial charge in [-0.25, -0.2) is 4.39 Å². The molecule has 2 heterocycles. The fraction of sp³-hybridized carbons (Fsp3) is 0.636. The van der Waals surface area contributed by atoms with E-state index in [1.807, 2.05) is 13.0 Å². The maximum absolute atomic E-state index is 14.1. The fourth-order valence-electron chi connectivity index (χ4n) is 4.16. The number of benzene rings is 1. The number of nitrogens with zero attached hydrogens (tertiary/aromatic N) is 2. The summed E-state index contributed by atoms with van der Waals surface area (Å²) in [5.41, 5.74) is 0.725. The van der Waals surface area contributed by atoms with E-state index in [9.17, 15) is 24.2 Å². The molecule has 0 radical (unpaired) electrons. The van der Waals surface area contributed by atoms with Crippen molar-refractivity contribution < 1.29 is 28.9 Å². The minimum atomic E-state index is -1.78. The van der Waals surface area contributed by atoms with Crippen LogP contribution >= 0.6 is 0 Å². The molecule has 2 amide bonds. The number of rotatable bonds is 8. The van der Waals surface area contributed by atoms with Crippen molar-refractivity contribution in [3.63, 3.8) is 0 Å². The van der Waals surface area contributed by atoms with E-state index in [1.165, 1.54) is 11.0 Å². The Labute approximate surface area is 182 Å². The van der Waals surface area contributed by atoms with Gasteiger partial charge in [0.1, 0.15) is 0 Å². The number of amides is 2. The summed E-state index contributed by atoms with van der Waals surface area (Å²) in [5.74, 6) is -1.29. The average molecular weight is 438 g/mol. The van der Waals surface area contributed by atoms with E-state index in [4.69, 9.17) is 4.74 Å². The number of para-hydroxylation sites is 1.